The molecule has 0 fully saturated rings. The molecule has 3 aromatic rings. The molecule has 1 aliphatic rings. The molecule has 174 valence electrons. The maximum atomic E-state index is 13.1. The number of ether oxygens (including phenoxy) is 3. The molecule has 1 amide bonds. The lowest BCUT2D eigenvalue weighted by Gasteiger charge is -2.16. The molecule has 0 aliphatic carbocycles. The summed E-state index contributed by atoms with van der Waals surface area (Å²) in [5.41, 5.74) is 2.66. The smallest absolute Gasteiger partial charge is 0.279 e. The molecule has 0 atom stereocenters. The number of rotatable bonds is 9. The second kappa shape index (κ2) is 10.4. The Bertz CT molecular complexity index is 1230. The van der Waals surface area contributed by atoms with Gasteiger partial charge in [-0.3, -0.25) is 9.69 Å². The van der Waals surface area contributed by atoms with Crippen molar-refractivity contribution in [3.8, 4) is 17.2 Å². The van der Waals surface area contributed by atoms with E-state index in [-0.39, 0.29) is 23.4 Å². The van der Waals surface area contributed by atoms with Gasteiger partial charge >= 0.3 is 0 Å². The van der Waals surface area contributed by atoms with Gasteiger partial charge in [0.25, 0.3) is 5.91 Å². The van der Waals surface area contributed by atoms with E-state index in [4.69, 9.17) is 26.4 Å². The molecule has 0 spiro atoms. The molecule has 0 aromatic heterocycles. The van der Waals surface area contributed by atoms with Gasteiger partial charge in [-0.15, -0.1) is 0 Å². The lowest BCUT2D eigenvalue weighted by atomic mass is 10.1. The van der Waals surface area contributed by atoms with Crippen molar-refractivity contribution in [2.75, 3.05) is 18.6 Å². The third-order valence-corrected chi connectivity index (χ3v) is 5.46. The van der Waals surface area contributed by atoms with E-state index in [2.05, 4.69) is 4.99 Å². The number of nitrogens with zero attached hydrogens (tertiary/aromatic N) is 2. The highest BCUT2D eigenvalue weighted by molar-refractivity contribution is 7.80. The molecular weight excluding hydrogens is 455 g/mol. The molecule has 0 radical (unpaired) electrons. The number of amides is 1. The summed E-state index contributed by atoms with van der Waals surface area (Å²) in [6, 6.07) is 18.7. The van der Waals surface area contributed by atoms with E-state index in [1.54, 1.807) is 49.6 Å². The van der Waals surface area contributed by atoms with Gasteiger partial charge in [-0.25, -0.2) is 9.38 Å². The Morgan fingerprint density at radius 3 is 2.32 bits per heavy atom. The molecule has 3 aromatic carbocycles. The van der Waals surface area contributed by atoms with E-state index in [9.17, 15) is 9.18 Å². The largest absolute Gasteiger partial charge is 0.497 e. The molecule has 4 rings (SSSR count). The third kappa shape index (κ3) is 5.23. The molecule has 0 bridgehead atoms. The fraction of sp³-hybridized carbons (Fsp3) is 0.192. The summed E-state index contributed by atoms with van der Waals surface area (Å²) in [5.74, 6) is 1.25. The van der Waals surface area contributed by atoms with Gasteiger partial charge in [-0.05, 0) is 78.8 Å². The van der Waals surface area contributed by atoms with Gasteiger partial charge in [0.1, 0.15) is 23.9 Å². The number of anilines is 1. The normalized spacial score (nSPS) is 13.1. The molecule has 1 aliphatic heterocycles. The zero-order chi connectivity index (χ0) is 24.1. The lowest BCUT2D eigenvalue weighted by Crippen LogP contribution is -2.33. The van der Waals surface area contributed by atoms with Gasteiger partial charge in [-0.1, -0.05) is 18.2 Å². The molecule has 0 saturated carbocycles. The van der Waals surface area contributed by atoms with Crippen molar-refractivity contribution in [2.24, 2.45) is 4.99 Å². The zero-order valence-electron chi connectivity index (χ0n) is 18.8. The molecule has 0 N–H and O–H groups in total. The number of methoxy groups -OCH3 is 1. The third-order valence-electron chi connectivity index (χ3n) is 5.19. The maximum Gasteiger partial charge on any atom is 0.279 e. The monoisotopic (exact) mass is 478 g/mol. The van der Waals surface area contributed by atoms with Crippen molar-refractivity contribution in [3.05, 3.63) is 83.7 Å². The average molecular weight is 479 g/mol. The van der Waals surface area contributed by atoms with Crippen molar-refractivity contribution in [3.63, 3.8) is 0 Å². The Labute approximate surface area is 202 Å². The number of hydrogen-bond donors (Lipinski definition) is 0. The summed E-state index contributed by atoms with van der Waals surface area (Å²) in [7, 11) is 1.58. The highest BCUT2D eigenvalue weighted by Gasteiger charge is 2.31. The number of aliphatic imine (C=N–C) groups is 1. The fourth-order valence-electron chi connectivity index (χ4n) is 3.49. The number of carbonyl (C=O) groups excluding carboxylic acids is 1. The van der Waals surface area contributed by atoms with E-state index >= 15 is 0 Å². The van der Waals surface area contributed by atoms with Gasteiger partial charge in [0.15, 0.2) is 11.5 Å². The molecule has 0 saturated heterocycles. The van der Waals surface area contributed by atoms with Crippen LogP contribution in [0, 0.1) is 5.82 Å². The first kappa shape index (κ1) is 23.4. The van der Waals surface area contributed by atoms with Crippen LogP contribution in [0.4, 0.5) is 10.1 Å². The number of carbonyl (C=O) groups is 1. The van der Waals surface area contributed by atoms with Crippen LogP contribution in [0.5, 0.6) is 17.2 Å². The highest BCUT2D eigenvalue weighted by Crippen LogP contribution is 2.30. The van der Waals surface area contributed by atoms with Crippen LogP contribution in [-0.4, -0.2) is 30.4 Å². The van der Waals surface area contributed by atoms with Crippen LogP contribution in [-0.2, 0) is 17.8 Å². The van der Waals surface area contributed by atoms with Crippen molar-refractivity contribution in [2.45, 2.75) is 20.0 Å². The minimum atomic E-state index is -0.294. The van der Waals surface area contributed by atoms with Crippen LogP contribution in [0.15, 0.2) is 71.7 Å². The van der Waals surface area contributed by atoms with Gasteiger partial charge in [0.2, 0.25) is 5.11 Å². The van der Waals surface area contributed by atoms with Crippen LogP contribution in [0.3, 0.4) is 0 Å². The van der Waals surface area contributed by atoms with Crippen LogP contribution < -0.4 is 19.1 Å². The Kier molecular flexibility index (Phi) is 7.18. The Hall–Kier alpha value is -3.78. The van der Waals surface area contributed by atoms with Crippen molar-refractivity contribution >= 4 is 34.6 Å². The summed E-state index contributed by atoms with van der Waals surface area (Å²) in [6.45, 7) is 2.60. The van der Waals surface area contributed by atoms with E-state index in [1.165, 1.54) is 17.0 Å². The van der Waals surface area contributed by atoms with Crippen molar-refractivity contribution < 1.29 is 23.4 Å². The standard InChI is InChI=1S/C26H23FN2O4S/c1-3-32-24-15-18(6-13-23(24)33-16-17-4-7-19(27)8-5-17)14-22-25(30)29(26(34)28-22)20-9-11-21(31-2)12-10-20/h4-13,15H,3,14,16H2,1-2H3. The van der Waals surface area contributed by atoms with Gasteiger partial charge in [0.05, 0.1) is 19.4 Å². The minimum absolute atomic E-state index is 0.203. The van der Waals surface area contributed by atoms with Crippen molar-refractivity contribution in [1.82, 2.24) is 0 Å². The van der Waals surface area contributed by atoms with Gasteiger partial charge in [0, 0.05) is 6.42 Å². The highest BCUT2D eigenvalue weighted by atomic mass is 32.1. The maximum absolute atomic E-state index is 13.1. The summed E-state index contributed by atoms with van der Waals surface area (Å²) >= 11 is 5.35. The second-order valence-corrected chi connectivity index (χ2v) is 7.85. The SMILES string of the molecule is CCOc1cc(CC2=NC(=S)N(c3ccc(OC)cc3)C2=O)ccc1OCc1ccc(F)cc1. The quantitative estimate of drug-likeness (QED) is 0.399. The van der Waals surface area contributed by atoms with Crippen LogP contribution >= 0.6 is 12.2 Å². The number of benzene rings is 3. The lowest BCUT2D eigenvalue weighted by molar-refractivity contribution is -0.111. The molecule has 34 heavy (non-hydrogen) atoms. The number of hydrogen-bond acceptors (Lipinski definition) is 5. The molecular formula is C26H23FN2O4S. The predicted octanol–water partition coefficient (Wildman–Crippen LogP) is 5.13. The fourth-order valence-corrected chi connectivity index (χ4v) is 3.79. The summed E-state index contributed by atoms with van der Waals surface area (Å²) in [6.07, 6.45) is 0.296. The molecule has 8 heteroatoms. The first-order chi connectivity index (χ1) is 16.5. The molecule has 6 nitrogen and oxygen atoms in total. The van der Waals surface area contributed by atoms with Gasteiger partial charge < -0.3 is 14.2 Å². The Morgan fingerprint density at radius 2 is 1.65 bits per heavy atom. The topological polar surface area (TPSA) is 60.4 Å². The summed E-state index contributed by atoms with van der Waals surface area (Å²) in [4.78, 5) is 18.8. The van der Waals surface area contributed by atoms with Crippen LogP contribution in [0.25, 0.3) is 0 Å². The summed E-state index contributed by atoms with van der Waals surface area (Å²) < 4.78 is 29.9. The Morgan fingerprint density at radius 1 is 0.941 bits per heavy atom. The average Bonchev–Trinajstić information content (AvgIpc) is 3.12. The minimum Gasteiger partial charge on any atom is -0.497 e. The van der Waals surface area contributed by atoms with E-state index in [1.807, 2.05) is 19.1 Å². The van der Waals surface area contributed by atoms with E-state index in [0.717, 1.165) is 11.1 Å². The van der Waals surface area contributed by atoms with Crippen molar-refractivity contribution in [1.29, 1.82) is 0 Å². The second-order valence-electron chi connectivity index (χ2n) is 7.49. The van der Waals surface area contributed by atoms with Crippen LogP contribution in [0.2, 0.25) is 0 Å². The number of halogens is 1. The van der Waals surface area contributed by atoms with E-state index in [0.29, 0.717) is 41.7 Å². The number of thiocarbonyl (C=S) groups is 1. The zero-order valence-corrected chi connectivity index (χ0v) is 19.6. The van der Waals surface area contributed by atoms with E-state index < -0.39 is 0 Å². The van der Waals surface area contributed by atoms with Crippen LogP contribution in [0.1, 0.15) is 18.1 Å². The van der Waals surface area contributed by atoms with Gasteiger partial charge in [-0.2, -0.15) is 0 Å². The predicted molar refractivity (Wildman–Crippen MR) is 133 cm³/mol. The molecule has 0 unspecified atom stereocenters. The Balaban J connectivity index is 1.47. The first-order valence-corrected chi connectivity index (χ1v) is 11.1. The summed E-state index contributed by atoms with van der Waals surface area (Å²) in [5, 5.41) is 0.203. The molecule has 1 heterocycles. The first-order valence-electron chi connectivity index (χ1n) is 10.7.